The Morgan fingerprint density at radius 3 is 3.12 bits per heavy atom. The monoisotopic (exact) mass is 237 g/mol. The summed E-state index contributed by atoms with van der Waals surface area (Å²) in [7, 11) is 1.81. The van der Waals surface area contributed by atoms with Crippen LogP contribution in [0.3, 0.4) is 0 Å². The van der Waals surface area contributed by atoms with E-state index in [4.69, 9.17) is 4.74 Å². The number of aromatic nitrogens is 3. The third-order valence-corrected chi connectivity index (χ3v) is 2.11. The molecule has 0 atom stereocenters. The molecular formula is C9H11N5O3. The van der Waals surface area contributed by atoms with E-state index in [2.05, 4.69) is 15.4 Å². The topological polar surface area (TPSA) is 94.6 Å². The molecule has 0 amide bonds. The molecule has 0 saturated heterocycles. The predicted octanol–water partition coefficient (Wildman–Crippen LogP) is 0.236. The van der Waals surface area contributed by atoms with Crippen LogP contribution in [0.15, 0.2) is 18.3 Å². The second-order valence-corrected chi connectivity index (χ2v) is 3.27. The van der Waals surface area contributed by atoms with Gasteiger partial charge in [0.2, 0.25) is 5.65 Å². The molecule has 0 spiro atoms. The van der Waals surface area contributed by atoms with Crippen LogP contribution in [0.4, 0.5) is 5.82 Å². The van der Waals surface area contributed by atoms with Gasteiger partial charge in [0.25, 0.3) is 5.88 Å². The van der Waals surface area contributed by atoms with Crippen molar-refractivity contribution in [3.8, 4) is 5.88 Å². The fourth-order valence-corrected chi connectivity index (χ4v) is 1.30. The Morgan fingerprint density at radius 2 is 2.41 bits per heavy atom. The van der Waals surface area contributed by atoms with E-state index in [0.717, 1.165) is 4.52 Å². The highest BCUT2D eigenvalue weighted by Crippen LogP contribution is 2.15. The minimum absolute atomic E-state index is 0.181. The number of ether oxygens (including phenoxy) is 1. The average molecular weight is 237 g/mol. The normalized spacial score (nSPS) is 10.6. The number of likely N-dealkylation sites (N-methyl/N-ethyl adjacent to an activating group) is 1. The first-order valence-electron chi connectivity index (χ1n) is 4.99. The molecular weight excluding hydrogens is 226 g/mol. The Morgan fingerprint density at radius 1 is 1.59 bits per heavy atom. The second-order valence-electron chi connectivity index (χ2n) is 3.27. The van der Waals surface area contributed by atoms with Gasteiger partial charge in [0.05, 0.1) is 0 Å². The summed E-state index contributed by atoms with van der Waals surface area (Å²) < 4.78 is 6.46. The molecule has 8 nitrogen and oxygen atoms in total. The minimum atomic E-state index is -0.537. The van der Waals surface area contributed by atoms with Gasteiger partial charge < -0.3 is 20.2 Å². The van der Waals surface area contributed by atoms with Crippen LogP contribution < -0.4 is 10.1 Å². The van der Waals surface area contributed by atoms with Crippen LogP contribution in [0.5, 0.6) is 5.88 Å². The van der Waals surface area contributed by atoms with E-state index in [1.54, 1.807) is 19.2 Å². The fourth-order valence-electron chi connectivity index (χ4n) is 1.30. The first kappa shape index (κ1) is 11.3. The molecule has 0 aliphatic heterocycles. The zero-order chi connectivity index (χ0) is 12.3. The third-order valence-electron chi connectivity index (χ3n) is 2.11. The molecule has 8 heteroatoms. The molecule has 0 aliphatic rings. The first-order valence-corrected chi connectivity index (χ1v) is 4.99. The summed E-state index contributed by atoms with van der Waals surface area (Å²) in [6.07, 6.45) is 1.17. The maximum Gasteiger partial charge on any atom is 0.368 e. The molecule has 0 aromatic carbocycles. The van der Waals surface area contributed by atoms with Gasteiger partial charge in [-0.05, 0) is 17.1 Å². The maximum atomic E-state index is 10.7. The standard InChI is InChI=1S/C9H11N5O3/c1-10-4-5-17-8-3-2-7-11-6-9(14(15)16)13(7)12-8/h2-3,6,10H,4-5H2,1H3. The smallest absolute Gasteiger partial charge is 0.368 e. The van der Waals surface area contributed by atoms with Crippen LogP contribution in [0.1, 0.15) is 0 Å². The van der Waals surface area contributed by atoms with Crippen molar-refractivity contribution in [1.29, 1.82) is 0 Å². The summed E-state index contributed by atoms with van der Waals surface area (Å²) in [5.74, 6) is 0.146. The minimum Gasteiger partial charge on any atom is -0.474 e. The molecule has 17 heavy (non-hydrogen) atoms. The van der Waals surface area contributed by atoms with Crippen molar-refractivity contribution in [2.24, 2.45) is 0 Å². The largest absolute Gasteiger partial charge is 0.474 e. The predicted molar refractivity (Wildman–Crippen MR) is 59.1 cm³/mol. The van der Waals surface area contributed by atoms with Gasteiger partial charge in [-0.3, -0.25) is 0 Å². The quantitative estimate of drug-likeness (QED) is 0.454. The zero-order valence-corrected chi connectivity index (χ0v) is 9.16. The van der Waals surface area contributed by atoms with E-state index in [1.165, 1.54) is 6.20 Å². The molecule has 2 rings (SSSR count). The second kappa shape index (κ2) is 4.74. The number of nitrogens with one attached hydrogen (secondary N) is 1. The van der Waals surface area contributed by atoms with Gasteiger partial charge in [-0.2, -0.15) is 0 Å². The van der Waals surface area contributed by atoms with E-state index in [0.29, 0.717) is 24.7 Å². The molecule has 90 valence electrons. The number of fused-ring (bicyclic) bond motifs is 1. The Kier molecular flexibility index (Phi) is 3.15. The summed E-state index contributed by atoms with van der Waals surface area (Å²) in [5, 5.41) is 17.6. The number of imidazole rings is 1. The van der Waals surface area contributed by atoms with Gasteiger partial charge >= 0.3 is 5.82 Å². The van der Waals surface area contributed by atoms with Crippen LogP contribution in [-0.2, 0) is 0 Å². The highest BCUT2D eigenvalue weighted by atomic mass is 16.6. The molecule has 0 saturated carbocycles. The highest BCUT2D eigenvalue weighted by molar-refractivity contribution is 5.43. The molecule has 0 bridgehead atoms. The SMILES string of the molecule is CNCCOc1ccc2ncc([N+](=O)[O-])n2n1. The van der Waals surface area contributed by atoms with E-state index < -0.39 is 4.92 Å². The van der Waals surface area contributed by atoms with Crippen LogP contribution in [0.25, 0.3) is 5.65 Å². The molecule has 2 aromatic rings. The lowest BCUT2D eigenvalue weighted by Crippen LogP contribution is -2.16. The van der Waals surface area contributed by atoms with Crippen molar-refractivity contribution in [1.82, 2.24) is 19.9 Å². The van der Waals surface area contributed by atoms with Gasteiger partial charge in [-0.1, -0.05) is 4.52 Å². The van der Waals surface area contributed by atoms with Crippen molar-refractivity contribution in [2.75, 3.05) is 20.2 Å². The fraction of sp³-hybridized carbons (Fsp3) is 0.333. The Balaban J connectivity index is 2.28. The van der Waals surface area contributed by atoms with Crippen molar-refractivity contribution >= 4 is 11.5 Å². The van der Waals surface area contributed by atoms with Crippen molar-refractivity contribution in [3.63, 3.8) is 0 Å². The van der Waals surface area contributed by atoms with E-state index >= 15 is 0 Å². The Bertz CT molecular complexity index is 538. The van der Waals surface area contributed by atoms with Gasteiger partial charge in [0, 0.05) is 18.7 Å². The Labute approximate surface area is 96.4 Å². The molecule has 1 N–H and O–H groups in total. The lowest BCUT2D eigenvalue weighted by molar-refractivity contribution is -0.391. The molecule has 2 aromatic heterocycles. The third kappa shape index (κ3) is 2.31. The Hall–Kier alpha value is -2.22. The van der Waals surface area contributed by atoms with Crippen molar-refractivity contribution in [3.05, 3.63) is 28.4 Å². The van der Waals surface area contributed by atoms with Gasteiger partial charge in [-0.25, -0.2) is 4.98 Å². The van der Waals surface area contributed by atoms with Crippen molar-refractivity contribution < 1.29 is 9.66 Å². The lowest BCUT2D eigenvalue weighted by atomic mass is 10.5. The number of nitrogens with zero attached hydrogens (tertiary/aromatic N) is 4. The summed E-state index contributed by atoms with van der Waals surface area (Å²) >= 11 is 0. The average Bonchev–Trinajstić information content (AvgIpc) is 2.72. The maximum absolute atomic E-state index is 10.7. The molecule has 0 aliphatic carbocycles. The van der Waals surface area contributed by atoms with Crippen molar-refractivity contribution in [2.45, 2.75) is 0 Å². The molecule has 0 fully saturated rings. The van der Waals surface area contributed by atoms with Crippen LogP contribution in [0, 0.1) is 10.1 Å². The van der Waals surface area contributed by atoms with Crippen LogP contribution >= 0.6 is 0 Å². The molecule has 0 radical (unpaired) electrons. The summed E-state index contributed by atoms with van der Waals surface area (Å²) in [4.78, 5) is 14.0. The van der Waals surface area contributed by atoms with E-state index in [1.807, 2.05) is 0 Å². The van der Waals surface area contributed by atoms with Gasteiger partial charge in [0.1, 0.15) is 12.8 Å². The van der Waals surface area contributed by atoms with Gasteiger partial charge in [-0.15, -0.1) is 0 Å². The van der Waals surface area contributed by atoms with Gasteiger partial charge in [0.15, 0.2) is 0 Å². The summed E-state index contributed by atoms with van der Waals surface area (Å²) in [6.45, 7) is 1.11. The highest BCUT2D eigenvalue weighted by Gasteiger charge is 2.16. The summed E-state index contributed by atoms with van der Waals surface area (Å²) in [5.41, 5.74) is 0.415. The van der Waals surface area contributed by atoms with E-state index in [-0.39, 0.29) is 5.82 Å². The van der Waals surface area contributed by atoms with E-state index in [9.17, 15) is 10.1 Å². The lowest BCUT2D eigenvalue weighted by Gasteiger charge is -2.02. The molecule has 2 heterocycles. The number of rotatable bonds is 5. The number of nitro groups is 1. The number of hydrogen-bond acceptors (Lipinski definition) is 6. The zero-order valence-electron chi connectivity index (χ0n) is 9.16. The van der Waals surface area contributed by atoms with Crippen LogP contribution in [0.2, 0.25) is 0 Å². The number of hydrogen-bond donors (Lipinski definition) is 1. The molecule has 0 unspecified atom stereocenters. The summed E-state index contributed by atoms with van der Waals surface area (Å²) in [6, 6.07) is 3.25. The van der Waals surface area contributed by atoms with Crippen LogP contribution in [-0.4, -0.2) is 39.7 Å². The first-order chi connectivity index (χ1) is 8.22.